The van der Waals surface area contributed by atoms with Crippen molar-refractivity contribution in [3.05, 3.63) is 51.3 Å². The number of nitrogens with zero attached hydrogens (tertiary/aromatic N) is 5. The summed E-state index contributed by atoms with van der Waals surface area (Å²) in [7, 11) is 0. The van der Waals surface area contributed by atoms with Crippen LogP contribution in [0.25, 0.3) is 0 Å². The van der Waals surface area contributed by atoms with Crippen LogP contribution in [0, 0.1) is 11.5 Å². The predicted octanol–water partition coefficient (Wildman–Crippen LogP) is 3.66. The van der Waals surface area contributed by atoms with Gasteiger partial charge in [-0.1, -0.05) is 50.2 Å². The summed E-state index contributed by atoms with van der Waals surface area (Å²) in [5.41, 5.74) is 1.23. The number of rotatable bonds is 4. The Morgan fingerprint density at radius 1 is 1.41 bits per heavy atom. The van der Waals surface area contributed by atoms with Crippen LogP contribution in [0.5, 0.6) is 0 Å². The van der Waals surface area contributed by atoms with E-state index in [1.54, 1.807) is 23.5 Å². The quantitative estimate of drug-likeness (QED) is 0.273. The van der Waals surface area contributed by atoms with Crippen molar-refractivity contribution < 1.29 is 9.94 Å². The van der Waals surface area contributed by atoms with Crippen LogP contribution in [0.1, 0.15) is 49.6 Å². The molecular weight excluding hydrogens is 386 g/mol. The Balaban J connectivity index is 2.11. The minimum absolute atomic E-state index is 0.0231. The Morgan fingerprint density at radius 2 is 2.21 bits per heavy atom. The van der Waals surface area contributed by atoms with Crippen molar-refractivity contribution in [1.82, 2.24) is 4.57 Å². The van der Waals surface area contributed by atoms with Crippen molar-refractivity contribution in [2.75, 3.05) is 6.61 Å². The van der Waals surface area contributed by atoms with E-state index in [2.05, 4.69) is 41.7 Å². The molecule has 0 saturated carbocycles. The van der Waals surface area contributed by atoms with E-state index in [0.29, 0.717) is 17.7 Å². The number of ether oxygens (including phenoxy) is 1. The number of oxime groups is 1. The van der Waals surface area contributed by atoms with Gasteiger partial charge in [0.25, 0.3) is 0 Å². The Kier molecular flexibility index (Phi) is 6.62. The van der Waals surface area contributed by atoms with E-state index in [4.69, 9.17) is 14.9 Å². The van der Waals surface area contributed by atoms with Crippen LogP contribution in [-0.2, 0) is 16.7 Å². The lowest BCUT2D eigenvalue weighted by Gasteiger charge is -2.15. The van der Waals surface area contributed by atoms with Crippen LogP contribution in [0.2, 0.25) is 0 Å². The van der Waals surface area contributed by atoms with Crippen LogP contribution in [0.3, 0.4) is 0 Å². The molecule has 0 aliphatic carbocycles. The molecule has 1 aliphatic rings. The Bertz CT molecular complexity index is 1010. The van der Waals surface area contributed by atoms with Gasteiger partial charge in [0, 0.05) is 28.8 Å². The third kappa shape index (κ3) is 5.19. The molecule has 1 aromatic heterocycles. The molecule has 0 radical (unpaired) electrons. The smallest absolute Gasteiger partial charge is 0.207 e. The predicted molar refractivity (Wildman–Crippen MR) is 114 cm³/mol. The molecule has 29 heavy (non-hydrogen) atoms. The lowest BCUT2D eigenvalue weighted by atomic mass is 9.95. The molecule has 1 saturated heterocycles. The highest BCUT2D eigenvalue weighted by molar-refractivity contribution is 7.09. The molecular formula is C21H25N5O2S. The zero-order valence-corrected chi connectivity index (χ0v) is 17.7. The van der Waals surface area contributed by atoms with E-state index in [9.17, 15) is 5.26 Å². The van der Waals surface area contributed by atoms with Crippen LogP contribution in [0.15, 0.2) is 45.6 Å². The van der Waals surface area contributed by atoms with E-state index in [1.165, 1.54) is 11.1 Å². The monoisotopic (exact) mass is 411 g/mol. The summed E-state index contributed by atoms with van der Waals surface area (Å²) < 4.78 is 7.90. The highest BCUT2D eigenvalue weighted by atomic mass is 32.1. The van der Waals surface area contributed by atoms with E-state index in [-0.39, 0.29) is 17.4 Å². The highest BCUT2D eigenvalue weighted by Crippen LogP contribution is 2.25. The number of hydrogen-bond acceptors (Lipinski definition) is 6. The molecule has 1 N–H and O–H groups in total. The van der Waals surface area contributed by atoms with Crippen LogP contribution >= 0.6 is 11.3 Å². The largest absolute Gasteiger partial charge is 0.411 e. The Morgan fingerprint density at radius 3 is 2.86 bits per heavy atom. The van der Waals surface area contributed by atoms with Crippen LogP contribution in [0.4, 0.5) is 0 Å². The summed E-state index contributed by atoms with van der Waals surface area (Å²) in [6.45, 7) is 8.00. The number of hydrogen-bond donors (Lipinski definition) is 1. The molecule has 1 fully saturated rings. The SMILES string of the molecule is CC(C)(C)c1cn(C[C@H]2CCCO2)c(=NC(=NC#N)c2ccccc2/C=N\O)s1. The molecule has 0 spiro atoms. The number of thiazole rings is 1. The third-order valence-corrected chi connectivity index (χ3v) is 6.09. The molecule has 1 aliphatic heterocycles. The van der Waals surface area contributed by atoms with Crippen molar-refractivity contribution in [1.29, 1.82) is 5.26 Å². The lowest BCUT2D eigenvalue weighted by Crippen LogP contribution is -2.24. The maximum absolute atomic E-state index is 9.23. The van der Waals surface area contributed by atoms with Crippen LogP contribution in [-0.4, -0.2) is 34.5 Å². The molecule has 1 aromatic carbocycles. The Labute approximate surface area is 174 Å². The maximum atomic E-state index is 9.23. The Hall–Kier alpha value is -2.76. The normalized spacial score (nSPS) is 18.5. The number of aliphatic imine (C=N–C) groups is 1. The second-order valence-electron chi connectivity index (χ2n) is 7.89. The fourth-order valence-electron chi connectivity index (χ4n) is 3.11. The first-order valence-electron chi connectivity index (χ1n) is 9.53. The molecule has 1 atom stereocenters. The van der Waals surface area contributed by atoms with Gasteiger partial charge in [0.2, 0.25) is 6.19 Å². The van der Waals surface area contributed by atoms with Crippen molar-refractivity contribution in [3.8, 4) is 6.19 Å². The first kappa shape index (κ1) is 21.0. The standard InChI is InChI=1S/C21H25N5O2S/c1-21(2,3)18-13-26(12-16-8-6-10-28-16)20(29-18)25-19(23-14-22)17-9-5-4-7-15(17)11-24-27/h4-5,7,9,11,13,16,27H,6,8,10,12H2,1-3H3/b23-19?,24-11-,25-20?/t16-/m1/s1. The van der Waals surface area contributed by atoms with E-state index < -0.39 is 0 Å². The molecule has 152 valence electrons. The van der Waals surface area contributed by atoms with Crippen molar-refractivity contribution >= 4 is 23.4 Å². The zero-order valence-electron chi connectivity index (χ0n) is 16.9. The van der Waals surface area contributed by atoms with Gasteiger partial charge in [0.05, 0.1) is 18.9 Å². The third-order valence-electron chi connectivity index (χ3n) is 4.64. The summed E-state index contributed by atoms with van der Waals surface area (Å²) in [6, 6.07) is 7.25. The number of amidine groups is 1. The van der Waals surface area contributed by atoms with Crippen molar-refractivity contribution in [2.45, 2.75) is 51.7 Å². The maximum Gasteiger partial charge on any atom is 0.207 e. The number of aromatic nitrogens is 1. The summed E-state index contributed by atoms with van der Waals surface area (Å²) in [6.07, 6.45) is 7.55. The average Bonchev–Trinajstić information content (AvgIpc) is 3.33. The van der Waals surface area contributed by atoms with Gasteiger partial charge in [-0.2, -0.15) is 15.2 Å². The molecule has 0 unspecified atom stereocenters. The lowest BCUT2D eigenvalue weighted by molar-refractivity contribution is 0.0963. The van der Waals surface area contributed by atoms with Gasteiger partial charge in [-0.15, -0.1) is 11.3 Å². The second kappa shape index (κ2) is 9.16. The molecule has 0 amide bonds. The zero-order chi connectivity index (χ0) is 20.9. The first-order chi connectivity index (χ1) is 13.9. The molecule has 2 aromatic rings. The molecule has 0 bridgehead atoms. The van der Waals surface area contributed by atoms with Crippen molar-refractivity contribution in [2.24, 2.45) is 15.1 Å². The fraction of sp³-hybridized carbons (Fsp3) is 0.429. The molecule has 2 heterocycles. The van der Waals surface area contributed by atoms with Gasteiger partial charge >= 0.3 is 0 Å². The van der Waals surface area contributed by atoms with Gasteiger partial charge in [0.15, 0.2) is 10.6 Å². The molecule has 3 rings (SSSR count). The van der Waals surface area contributed by atoms with Gasteiger partial charge in [-0.3, -0.25) is 0 Å². The molecule has 8 heteroatoms. The average molecular weight is 412 g/mol. The highest BCUT2D eigenvalue weighted by Gasteiger charge is 2.21. The van der Waals surface area contributed by atoms with Crippen molar-refractivity contribution in [3.63, 3.8) is 0 Å². The van der Waals surface area contributed by atoms with Gasteiger partial charge in [0.1, 0.15) is 0 Å². The minimum Gasteiger partial charge on any atom is -0.411 e. The number of nitriles is 1. The fourth-order valence-corrected chi connectivity index (χ4v) is 4.17. The minimum atomic E-state index is -0.0231. The van der Waals surface area contributed by atoms with Gasteiger partial charge in [-0.05, 0) is 18.3 Å². The first-order valence-corrected chi connectivity index (χ1v) is 10.3. The summed E-state index contributed by atoms with van der Waals surface area (Å²) in [4.78, 5) is 10.6. The summed E-state index contributed by atoms with van der Waals surface area (Å²) in [5.74, 6) is 0.284. The topological polar surface area (TPSA) is 95.3 Å². The van der Waals surface area contributed by atoms with E-state index in [1.807, 2.05) is 18.3 Å². The second-order valence-corrected chi connectivity index (χ2v) is 8.90. The van der Waals surface area contributed by atoms with Gasteiger partial charge < -0.3 is 14.5 Å². The van der Waals surface area contributed by atoms with E-state index in [0.717, 1.165) is 24.2 Å². The van der Waals surface area contributed by atoms with Crippen LogP contribution < -0.4 is 4.80 Å². The summed E-state index contributed by atoms with van der Waals surface area (Å²) in [5, 5.41) is 21.3. The number of benzene rings is 1. The van der Waals surface area contributed by atoms with E-state index >= 15 is 0 Å². The molecule has 7 nitrogen and oxygen atoms in total. The summed E-state index contributed by atoms with van der Waals surface area (Å²) >= 11 is 1.59. The van der Waals surface area contributed by atoms with Gasteiger partial charge in [-0.25, -0.2) is 0 Å².